The van der Waals surface area contributed by atoms with Crippen molar-refractivity contribution in [1.29, 1.82) is 0 Å². The normalized spacial score (nSPS) is 11.4. The Hall–Kier alpha value is -1.43. The lowest BCUT2D eigenvalue weighted by atomic mass is 10.1. The van der Waals surface area contributed by atoms with Gasteiger partial charge < -0.3 is 10.4 Å². The second-order valence-electron chi connectivity index (χ2n) is 4.32. The van der Waals surface area contributed by atoms with E-state index < -0.39 is 17.7 Å². The van der Waals surface area contributed by atoms with Gasteiger partial charge in [-0.15, -0.1) is 0 Å². The minimum Gasteiger partial charge on any atom is -0.481 e. The quantitative estimate of drug-likeness (QED) is 0.733. The van der Waals surface area contributed by atoms with Crippen LogP contribution >= 0.6 is 11.6 Å². The van der Waals surface area contributed by atoms with Crippen LogP contribution in [0.25, 0.3) is 0 Å². The average molecular weight is 310 g/mol. The summed E-state index contributed by atoms with van der Waals surface area (Å²) in [7, 11) is 0. The van der Waals surface area contributed by atoms with Gasteiger partial charge in [-0.1, -0.05) is 18.0 Å². The summed E-state index contributed by atoms with van der Waals surface area (Å²) in [6, 6.07) is 3.15. The van der Waals surface area contributed by atoms with Gasteiger partial charge in [0.1, 0.15) is 0 Å². The third-order valence-corrected chi connectivity index (χ3v) is 2.99. The predicted molar refractivity (Wildman–Crippen MR) is 71.0 cm³/mol. The molecule has 0 atom stereocenters. The number of nitrogens with one attached hydrogen (secondary N) is 1. The molecule has 20 heavy (non-hydrogen) atoms. The van der Waals surface area contributed by atoms with Crippen molar-refractivity contribution in [2.75, 3.05) is 11.9 Å². The van der Waals surface area contributed by atoms with E-state index in [1.807, 2.05) is 0 Å². The Kier molecular flexibility index (Phi) is 6.13. The van der Waals surface area contributed by atoms with Gasteiger partial charge in [0.2, 0.25) is 0 Å². The second-order valence-corrected chi connectivity index (χ2v) is 4.73. The van der Waals surface area contributed by atoms with Gasteiger partial charge in [0.05, 0.1) is 16.3 Å². The molecule has 0 saturated carbocycles. The molecular formula is C13H15ClF3NO2. The highest BCUT2D eigenvalue weighted by Crippen LogP contribution is 2.33. The van der Waals surface area contributed by atoms with Crippen LogP contribution in [-0.4, -0.2) is 17.6 Å². The van der Waals surface area contributed by atoms with Crippen LogP contribution in [-0.2, 0) is 11.0 Å². The molecule has 0 radical (unpaired) electrons. The maximum Gasteiger partial charge on any atom is 0.416 e. The van der Waals surface area contributed by atoms with E-state index in [9.17, 15) is 18.0 Å². The molecule has 1 aromatic carbocycles. The second kappa shape index (κ2) is 7.38. The number of aliphatic carboxylic acids is 1. The van der Waals surface area contributed by atoms with Crippen LogP contribution in [0.1, 0.15) is 31.2 Å². The smallest absolute Gasteiger partial charge is 0.416 e. The van der Waals surface area contributed by atoms with Gasteiger partial charge in [0.15, 0.2) is 0 Å². The van der Waals surface area contributed by atoms with E-state index in [2.05, 4.69) is 5.32 Å². The molecule has 0 saturated heterocycles. The zero-order valence-corrected chi connectivity index (χ0v) is 11.4. The molecule has 0 bridgehead atoms. The van der Waals surface area contributed by atoms with E-state index in [0.717, 1.165) is 25.0 Å². The van der Waals surface area contributed by atoms with E-state index in [0.29, 0.717) is 18.7 Å². The third kappa shape index (κ3) is 5.69. The van der Waals surface area contributed by atoms with Gasteiger partial charge in [-0.05, 0) is 31.0 Å². The Labute approximate surface area is 119 Å². The van der Waals surface area contributed by atoms with Crippen molar-refractivity contribution in [3.8, 4) is 0 Å². The standard InChI is InChI=1S/C13H15ClF3NO2/c14-10-8-9(13(15,16)17)5-6-11(10)18-7-3-1-2-4-12(19)20/h5-6,8,18H,1-4,7H2,(H,19,20). The molecule has 0 aromatic heterocycles. The maximum absolute atomic E-state index is 12.4. The molecule has 2 N–H and O–H groups in total. The summed E-state index contributed by atoms with van der Waals surface area (Å²) in [5, 5.41) is 11.4. The van der Waals surface area contributed by atoms with Gasteiger partial charge in [-0.25, -0.2) is 0 Å². The fraction of sp³-hybridized carbons (Fsp3) is 0.462. The van der Waals surface area contributed by atoms with Gasteiger partial charge >= 0.3 is 12.1 Å². The summed E-state index contributed by atoms with van der Waals surface area (Å²) in [5.41, 5.74) is -0.340. The molecule has 0 aliphatic rings. The molecule has 7 heteroatoms. The van der Waals surface area contributed by atoms with Crippen molar-refractivity contribution in [2.45, 2.75) is 31.9 Å². The van der Waals surface area contributed by atoms with E-state index >= 15 is 0 Å². The molecule has 1 aromatic rings. The molecule has 0 fully saturated rings. The zero-order chi connectivity index (χ0) is 15.2. The Bertz CT molecular complexity index is 463. The number of hydrogen-bond donors (Lipinski definition) is 2. The minimum absolute atomic E-state index is 0.0189. The number of alkyl halides is 3. The van der Waals surface area contributed by atoms with Crippen molar-refractivity contribution in [3.05, 3.63) is 28.8 Å². The highest BCUT2D eigenvalue weighted by Gasteiger charge is 2.30. The number of carbonyl (C=O) groups is 1. The van der Waals surface area contributed by atoms with E-state index in [4.69, 9.17) is 16.7 Å². The van der Waals surface area contributed by atoms with Crippen molar-refractivity contribution in [1.82, 2.24) is 0 Å². The fourth-order valence-electron chi connectivity index (χ4n) is 1.64. The Morgan fingerprint density at radius 2 is 1.95 bits per heavy atom. The number of rotatable bonds is 7. The number of carboxylic acid groups (broad SMARTS) is 1. The summed E-state index contributed by atoms with van der Waals surface area (Å²) >= 11 is 5.78. The predicted octanol–water partition coefficient (Wildman–Crippen LogP) is 4.42. The van der Waals surface area contributed by atoms with Crippen LogP contribution in [0.2, 0.25) is 5.02 Å². The van der Waals surface area contributed by atoms with E-state index in [1.165, 1.54) is 6.07 Å². The molecule has 1 rings (SSSR count). The van der Waals surface area contributed by atoms with Gasteiger partial charge in [0.25, 0.3) is 0 Å². The van der Waals surface area contributed by atoms with Crippen LogP contribution in [0.5, 0.6) is 0 Å². The lowest BCUT2D eigenvalue weighted by Gasteiger charge is -2.11. The van der Waals surface area contributed by atoms with Crippen molar-refractivity contribution < 1.29 is 23.1 Å². The largest absolute Gasteiger partial charge is 0.481 e. The first-order chi connectivity index (χ1) is 9.30. The summed E-state index contributed by atoms with van der Waals surface area (Å²) in [5.74, 6) is -0.830. The summed E-state index contributed by atoms with van der Waals surface area (Å²) in [4.78, 5) is 10.3. The number of benzene rings is 1. The van der Waals surface area contributed by atoms with Crippen LogP contribution in [0.4, 0.5) is 18.9 Å². The molecule has 112 valence electrons. The summed E-state index contributed by atoms with van der Waals surface area (Å²) in [6.07, 6.45) is -2.24. The number of unbranched alkanes of at least 4 members (excludes halogenated alkanes) is 2. The van der Waals surface area contributed by atoms with Crippen molar-refractivity contribution >= 4 is 23.3 Å². The minimum atomic E-state index is -4.40. The van der Waals surface area contributed by atoms with Gasteiger partial charge in [0, 0.05) is 13.0 Å². The average Bonchev–Trinajstić information content (AvgIpc) is 2.33. The SMILES string of the molecule is O=C(O)CCCCCNc1ccc(C(F)(F)F)cc1Cl. The highest BCUT2D eigenvalue weighted by molar-refractivity contribution is 6.33. The molecule has 0 aliphatic heterocycles. The number of halogens is 4. The van der Waals surface area contributed by atoms with E-state index in [-0.39, 0.29) is 11.4 Å². The number of carboxylic acids is 1. The van der Waals surface area contributed by atoms with Crippen LogP contribution < -0.4 is 5.32 Å². The maximum atomic E-state index is 12.4. The molecular weight excluding hydrogens is 295 g/mol. The Morgan fingerprint density at radius 1 is 1.25 bits per heavy atom. The molecule has 0 heterocycles. The van der Waals surface area contributed by atoms with Crippen molar-refractivity contribution in [3.63, 3.8) is 0 Å². The molecule has 0 aliphatic carbocycles. The summed E-state index contributed by atoms with van der Waals surface area (Å²) in [6.45, 7) is 0.532. The van der Waals surface area contributed by atoms with Crippen LogP contribution in [0.15, 0.2) is 18.2 Å². The zero-order valence-electron chi connectivity index (χ0n) is 10.6. The lowest BCUT2D eigenvalue weighted by Crippen LogP contribution is -2.07. The van der Waals surface area contributed by atoms with E-state index in [1.54, 1.807) is 0 Å². The first kappa shape index (κ1) is 16.6. The Balaban J connectivity index is 2.40. The number of anilines is 1. The Morgan fingerprint density at radius 3 is 2.50 bits per heavy atom. The summed E-state index contributed by atoms with van der Waals surface area (Å²) < 4.78 is 37.3. The monoisotopic (exact) mass is 309 g/mol. The third-order valence-electron chi connectivity index (χ3n) is 2.68. The first-order valence-corrected chi connectivity index (χ1v) is 6.51. The molecule has 0 spiro atoms. The topological polar surface area (TPSA) is 49.3 Å². The first-order valence-electron chi connectivity index (χ1n) is 6.13. The lowest BCUT2D eigenvalue weighted by molar-refractivity contribution is -0.138. The highest BCUT2D eigenvalue weighted by atomic mass is 35.5. The van der Waals surface area contributed by atoms with Crippen LogP contribution in [0, 0.1) is 0 Å². The van der Waals surface area contributed by atoms with Crippen molar-refractivity contribution in [2.24, 2.45) is 0 Å². The molecule has 3 nitrogen and oxygen atoms in total. The van der Waals surface area contributed by atoms with Crippen LogP contribution in [0.3, 0.4) is 0 Å². The van der Waals surface area contributed by atoms with Gasteiger partial charge in [-0.2, -0.15) is 13.2 Å². The number of hydrogen-bond acceptors (Lipinski definition) is 2. The van der Waals surface area contributed by atoms with Gasteiger partial charge in [-0.3, -0.25) is 4.79 Å². The molecule has 0 unspecified atom stereocenters. The fourth-order valence-corrected chi connectivity index (χ4v) is 1.88. The molecule has 0 amide bonds.